The minimum atomic E-state index is -0.0734. The van der Waals surface area contributed by atoms with E-state index in [0.29, 0.717) is 36.4 Å². The van der Waals surface area contributed by atoms with Gasteiger partial charge in [0.15, 0.2) is 0 Å². The molecule has 0 atom stereocenters. The molecule has 0 saturated heterocycles. The van der Waals surface area contributed by atoms with Crippen molar-refractivity contribution in [1.29, 1.82) is 5.26 Å². The number of hydrogen-bond acceptors (Lipinski definition) is 5. The predicted molar refractivity (Wildman–Crippen MR) is 115 cm³/mol. The number of carbonyl (C=O) groups is 1. The summed E-state index contributed by atoms with van der Waals surface area (Å²) in [7, 11) is 0. The van der Waals surface area contributed by atoms with Crippen LogP contribution in [0.5, 0.6) is 17.4 Å². The van der Waals surface area contributed by atoms with E-state index in [1.807, 2.05) is 38.1 Å². The third-order valence-electron chi connectivity index (χ3n) is 4.42. The summed E-state index contributed by atoms with van der Waals surface area (Å²) < 4.78 is 11.4. The summed E-state index contributed by atoms with van der Waals surface area (Å²) in [5.74, 6) is 1.53. The second-order valence-corrected chi connectivity index (χ2v) is 6.86. The Bertz CT molecular complexity index is 1060. The van der Waals surface area contributed by atoms with Crippen LogP contribution in [-0.2, 0) is 4.79 Å². The maximum atomic E-state index is 12.2. The Morgan fingerprint density at radius 3 is 2.60 bits per heavy atom. The summed E-state index contributed by atoms with van der Waals surface area (Å²) >= 11 is 0. The van der Waals surface area contributed by atoms with Gasteiger partial charge in [-0.05, 0) is 68.3 Å². The fourth-order valence-corrected chi connectivity index (χ4v) is 2.78. The molecule has 3 rings (SSSR count). The molecule has 0 radical (unpaired) electrons. The summed E-state index contributed by atoms with van der Waals surface area (Å²) in [4.78, 5) is 16.3. The number of hydrogen-bond donors (Lipinski definition) is 1. The van der Waals surface area contributed by atoms with Crippen LogP contribution in [0.1, 0.15) is 29.5 Å². The first-order valence-electron chi connectivity index (χ1n) is 9.68. The van der Waals surface area contributed by atoms with Crippen LogP contribution in [0, 0.1) is 25.2 Å². The second kappa shape index (κ2) is 10.1. The van der Waals surface area contributed by atoms with E-state index in [9.17, 15) is 4.79 Å². The number of nitrogens with zero attached hydrogens (tertiary/aromatic N) is 2. The number of pyridine rings is 1. The van der Waals surface area contributed by atoms with Crippen LogP contribution >= 0.6 is 0 Å². The zero-order valence-electron chi connectivity index (χ0n) is 17.0. The van der Waals surface area contributed by atoms with E-state index in [1.165, 1.54) is 5.56 Å². The molecule has 0 unspecified atom stereocenters. The van der Waals surface area contributed by atoms with Gasteiger partial charge < -0.3 is 14.8 Å². The molecule has 0 aliphatic rings. The van der Waals surface area contributed by atoms with Crippen molar-refractivity contribution in [2.75, 3.05) is 11.9 Å². The molecule has 0 spiro atoms. The van der Waals surface area contributed by atoms with E-state index < -0.39 is 0 Å². The number of rotatable bonds is 8. The van der Waals surface area contributed by atoms with E-state index in [2.05, 4.69) is 16.4 Å². The highest BCUT2D eigenvalue weighted by atomic mass is 16.5. The van der Waals surface area contributed by atoms with E-state index >= 15 is 0 Å². The van der Waals surface area contributed by atoms with Crippen LogP contribution in [0.15, 0.2) is 60.8 Å². The number of ether oxygens (including phenoxy) is 2. The highest BCUT2D eigenvalue weighted by Crippen LogP contribution is 2.26. The molecule has 152 valence electrons. The Balaban J connectivity index is 1.49. The minimum Gasteiger partial charge on any atom is -0.494 e. The maximum absolute atomic E-state index is 12.2. The molecule has 1 aromatic heterocycles. The number of aromatic nitrogens is 1. The molecule has 0 bridgehead atoms. The largest absolute Gasteiger partial charge is 0.494 e. The van der Waals surface area contributed by atoms with Crippen molar-refractivity contribution in [3.05, 3.63) is 77.5 Å². The lowest BCUT2D eigenvalue weighted by Crippen LogP contribution is -2.13. The maximum Gasteiger partial charge on any atom is 0.237 e. The summed E-state index contributed by atoms with van der Waals surface area (Å²) in [6.45, 7) is 4.39. The van der Waals surface area contributed by atoms with Crippen LogP contribution in [-0.4, -0.2) is 17.5 Å². The van der Waals surface area contributed by atoms with Crippen molar-refractivity contribution in [3.8, 4) is 23.4 Å². The van der Waals surface area contributed by atoms with Crippen molar-refractivity contribution in [3.63, 3.8) is 0 Å². The summed E-state index contributed by atoms with van der Waals surface area (Å²) in [6.07, 6.45) is 2.56. The van der Waals surface area contributed by atoms with Crippen LogP contribution in [0.4, 0.5) is 5.69 Å². The second-order valence-electron chi connectivity index (χ2n) is 6.86. The summed E-state index contributed by atoms with van der Waals surface area (Å²) in [5, 5.41) is 12.0. The quantitative estimate of drug-likeness (QED) is 0.527. The van der Waals surface area contributed by atoms with Gasteiger partial charge in [0.2, 0.25) is 11.8 Å². The first-order valence-corrected chi connectivity index (χ1v) is 9.68. The number of benzene rings is 2. The predicted octanol–water partition coefficient (Wildman–Crippen LogP) is 5.16. The standard InChI is InChI=1S/C24H23N3O3/c1-17-7-9-20(10-8-17)29-14-4-6-23(28)27-22-12-11-21(15-18(22)2)30-24-19(16-25)5-3-13-26-24/h3,5,7-13,15H,4,6,14H2,1-2H3,(H,27,28). The van der Waals surface area contributed by atoms with Gasteiger partial charge >= 0.3 is 0 Å². The van der Waals surface area contributed by atoms with Gasteiger partial charge in [-0.1, -0.05) is 17.7 Å². The topological polar surface area (TPSA) is 84.2 Å². The first-order chi connectivity index (χ1) is 14.5. The Morgan fingerprint density at radius 1 is 1.10 bits per heavy atom. The molecule has 3 aromatic rings. The van der Waals surface area contributed by atoms with Crippen LogP contribution in [0.2, 0.25) is 0 Å². The third-order valence-corrected chi connectivity index (χ3v) is 4.42. The molecule has 1 N–H and O–H groups in total. The normalized spacial score (nSPS) is 10.2. The van der Waals surface area contributed by atoms with Crippen LogP contribution in [0.25, 0.3) is 0 Å². The molecule has 30 heavy (non-hydrogen) atoms. The molecular formula is C24H23N3O3. The lowest BCUT2D eigenvalue weighted by atomic mass is 10.2. The van der Waals surface area contributed by atoms with Gasteiger partial charge in [0.1, 0.15) is 23.1 Å². The minimum absolute atomic E-state index is 0.0734. The molecular weight excluding hydrogens is 378 g/mol. The summed E-state index contributed by atoms with van der Waals surface area (Å²) in [6, 6.07) is 18.5. The molecule has 1 heterocycles. The number of nitriles is 1. The van der Waals surface area contributed by atoms with E-state index in [1.54, 1.807) is 36.5 Å². The van der Waals surface area contributed by atoms with Gasteiger partial charge in [0.25, 0.3) is 0 Å². The number of anilines is 1. The van der Waals surface area contributed by atoms with E-state index in [0.717, 1.165) is 11.3 Å². The number of amides is 1. The highest BCUT2D eigenvalue weighted by Gasteiger charge is 2.09. The smallest absolute Gasteiger partial charge is 0.237 e. The molecule has 1 amide bonds. The lowest BCUT2D eigenvalue weighted by Gasteiger charge is -2.11. The molecule has 6 heteroatoms. The fraction of sp³-hybridized carbons (Fsp3) is 0.208. The molecule has 0 saturated carbocycles. The van der Waals surface area contributed by atoms with Crippen molar-refractivity contribution < 1.29 is 14.3 Å². The average molecular weight is 401 g/mol. The number of carbonyl (C=O) groups excluding carboxylic acids is 1. The fourth-order valence-electron chi connectivity index (χ4n) is 2.78. The van der Waals surface area contributed by atoms with Gasteiger partial charge in [-0.15, -0.1) is 0 Å². The number of aryl methyl sites for hydroxylation is 2. The van der Waals surface area contributed by atoms with E-state index in [4.69, 9.17) is 14.7 Å². The SMILES string of the molecule is Cc1ccc(OCCCC(=O)Nc2ccc(Oc3ncccc3C#N)cc2C)cc1. The van der Waals surface area contributed by atoms with Gasteiger partial charge in [-0.2, -0.15) is 5.26 Å². The monoisotopic (exact) mass is 401 g/mol. The van der Waals surface area contributed by atoms with Gasteiger partial charge in [0, 0.05) is 18.3 Å². The lowest BCUT2D eigenvalue weighted by molar-refractivity contribution is -0.116. The molecule has 2 aromatic carbocycles. The first kappa shape index (κ1) is 20.9. The van der Waals surface area contributed by atoms with Crippen molar-refractivity contribution in [2.45, 2.75) is 26.7 Å². The Labute approximate surface area is 176 Å². The number of nitrogens with one attached hydrogen (secondary N) is 1. The Morgan fingerprint density at radius 2 is 1.87 bits per heavy atom. The van der Waals surface area contributed by atoms with Crippen molar-refractivity contribution >= 4 is 11.6 Å². The molecule has 0 aliphatic carbocycles. The zero-order valence-corrected chi connectivity index (χ0v) is 17.0. The Hall–Kier alpha value is -3.85. The molecule has 0 aliphatic heterocycles. The third kappa shape index (κ3) is 5.82. The van der Waals surface area contributed by atoms with Crippen molar-refractivity contribution in [2.24, 2.45) is 0 Å². The highest BCUT2D eigenvalue weighted by molar-refractivity contribution is 5.91. The van der Waals surface area contributed by atoms with Crippen molar-refractivity contribution in [1.82, 2.24) is 4.98 Å². The van der Waals surface area contributed by atoms with Gasteiger partial charge in [-0.25, -0.2) is 4.98 Å². The zero-order chi connectivity index (χ0) is 21.3. The van der Waals surface area contributed by atoms with Gasteiger partial charge in [-0.3, -0.25) is 4.79 Å². The average Bonchev–Trinajstić information content (AvgIpc) is 2.75. The summed E-state index contributed by atoms with van der Waals surface area (Å²) in [5.41, 5.74) is 3.11. The molecule has 6 nitrogen and oxygen atoms in total. The Kier molecular flexibility index (Phi) is 7.01. The van der Waals surface area contributed by atoms with Crippen LogP contribution in [0.3, 0.4) is 0 Å². The van der Waals surface area contributed by atoms with Crippen LogP contribution < -0.4 is 14.8 Å². The van der Waals surface area contributed by atoms with Gasteiger partial charge in [0.05, 0.1) is 6.61 Å². The van der Waals surface area contributed by atoms with E-state index in [-0.39, 0.29) is 11.8 Å². The molecule has 0 fully saturated rings.